The van der Waals surface area contributed by atoms with Gasteiger partial charge < -0.3 is 19.8 Å². The number of hydrogen-bond acceptors (Lipinski definition) is 4. The maximum atomic E-state index is 11.6. The summed E-state index contributed by atoms with van der Waals surface area (Å²) in [7, 11) is 1.59. The van der Waals surface area contributed by atoms with Crippen LogP contribution < -0.4 is 20.8 Å². The van der Waals surface area contributed by atoms with Gasteiger partial charge in [0.1, 0.15) is 6.61 Å². The first kappa shape index (κ1) is 14.1. The molecule has 106 valence electrons. The molecule has 0 aliphatic carbocycles. The van der Waals surface area contributed by atoms with Gasteiger partial charge in [0, 0.05) is 18.8 Å². The maximum Gasteiger partial charge on any atom is 0.250 e. The molecule has 0 bridgehead atoms. The number of rotatable bonds is 6. The van der Waals surface area contributed by atoms with E-state index < -0.39 is 0 Å². The minimum Gasteiger partial charge on any atom is -0.493 e. The average molecular weight is 274 g/mol. The fourth-order valence-electron chi connectivity index (χ4n) is 1.86. The molecule has 0 aliphatic rings. The van der Waals surface area contributed by atoms with E-state index >= 15 is 0 Å². The molecule has 1 heterocycles. The van der Waals surface area contributed by atoms with Crippen molar-refractivity contribution in [3.8, 4) is 11.5 Å². The van der Waals surface area contributed by atoms with Gasteiger partial charge in [0.05, 0.1) is 13.7 Å². The summed E-state index contributed by atoms with van der Waals surface area (Å²) in [5.74, 6) is 1.29. The molecule has 0 atom stereocenters. The fourth-order valence-corrected chi connectivity index (χ4v) is 1.86. The number of methoxy groups -OCH3 is 1. The number of benzene rings is 1. The van der Waals surface area contributed by atoms with Crippen LogP contribution in [0.25, 0.3) is 0 Å². The molecule has 20 heavy (non-hydrogen) atoms. The van der Waals surface area contributed by atoms with Gasteiger partial charge in [-0.3, -0.25) is 4.79 Å². The van der Waals surface area contributed by atoms with Gasteiger partial charge in [-0.25, -0.2) is 0 Å². The maximum absolute atomic E-state index is 11.6. The van der Waals surface area contributed by atoms with E-state index in [1.54, 1.807) is 23.9 Å². The standard InChI is InChI=1S/C15H18N2O3/c1-19-13-6-5-12(11-16)10-14(13)20-9-8-17-7-3-2-4-15(17)18/h2-7,10H,8-9,11,16H2,1H3. The van der Waals surface area contributed by atoms with Crippen LogP contribution in [0.1, 0.15) is 5.56 Å². The Labute approximate surface area is 117 Å². The molecule has 5 heteroatoms. The SMILES string of the molecule is COc1ccc(CN)cc1OCCn1ccccc1=O. The van der Waals surface area contributed by atoms with Crippen LogP contribution in [0, 0.1) is 0 Å². The predicted molar refractivity (Wildman–Crippen MR) is 77.1 cm³/mol. The summed E-state index contributed by atoms with van der Waals surface area (Å²) < 4.78 is 12.5. The van der Waals surface area contributed by atoms with Crippen LogP contribution in [0.3, 0.4) is 0 Å². The number of pyridine rings is 1. The highest BCUT2D eigenvalue weighted by atomic mass is 16.5. The van der Waals surface area contributed by atoms with E-state index in [0.29, 0.717) is 31.2 Å². The van der Waals surface area contributed by atoms with Crippen molar-refractivity contribution in [1.82, 2.24) is 4.57 Å². The lowest BCUT2D eigenvalue weighted by atomic mass is 10.2. The predicted octanol–water partition coefficient (Wildman–Crippen LogP) is 1.39. The van der Waals surface area contributed by atoms with Gasteiger partial charge in [0.15, 0.2) is 11.5 Å². The Kier molecular flexibility index (Phi) is 4.79. The van der Waals surface area contributed by atoms with E-state index in [-0.39, 0.29) is 5.56 Å². The molecule has 1 aromatic carbocycles. The van der Waals surface area contributed by atoms with Gasteiger partial charge in [0.2, 0.25) is 0 Å². The van der Waals surface area contributed by atoms with Crippen LogP contribution in [-0.2, 0) is 13.1 Å². The molecule has 2 aromatic rings. The number of ether oxygens (including phenoxy) is 2. The largest absolute Gasteiger partial charge is 0.493 e. The van der Waals surface area contributed by atoms with E-state index in [1.165, 1.54) is 6.07 Å². The monoisotopic (exact) mass is 274 g/mol. The number of nitrogens with zero attached hydrogens (tertiary/aromatic N) is 1. The molecular formula is C15H18N2O3. The highest BCUT2D eigenvalue weighted by Crippen LogP contribution is 2.27. The number of hydrogen-bond donors (Lipinski definition) is 1. The van der Waals surface area contributed by atoms with Crippen molar-refractivity contribution >= 4 is 0 Å². The molecule has 0 saturated carbocycles. The Hall–Kier alpha value is -2.27. The van der Waals surface area contributed by atoms with E-state index in [2.05, 4.69) is 0 Å². The van der Waals surface area contributed by atoms with Crippen molar-refractivity contribution < 1.29 is 9.47 Å². The fraction of sp³-hybridized carbons (Fsp3) is 0.267. The topological polar surface area (TPSA) is 66.5 Å². The first-order valence-corrected chi connectivity index (χ1v) is 6.40. The second kappa shape index (κ2) is 6.77. The molecule has 0 unspecified atom stereocenters. The van der Waals surface area contributed by atoms with Crippen LogP contribution in [0.4, 0.5) is 0 Å². The molecule has 0 fully saturated rings. The van der Waals surface area contributed by atoms with Crippen molar-refractivity contribution in [2.75, 3.05) is 13.7 Å². The smallest absolute Gasteiger partial charge is 0.250 e. The van der Waals surface area contributed by atoms with Crippen LogP contribution in [0.15, 0.2) is 47.4 Å². The van der Waals surface area contributed by atoms with E-state index in [4.69, 9.17) is 15.2 Å². The third kappa shape index (κ3) is 3.39. The molecule has 0 saturated heterocycles. The highest BCUT2D eigenvalue weighted by Gasteiger charge is 2.05. The Morgan fingerprint density at radius 3 is 2.75 bits per heavy atom. The third-order valence-electron chi connectivity index (χ3n) is 2.95. The second-order valence-corrected chi connectivity index (χ2v) is 4.27. The van der Waals surface area contributed by atoms with Crippen LogP contribution >= 0.6 is 0 Å². The van der Waals surface area contributed by atoms with Crippen molar-refractivity contribution in [1.29, 1.82) is 0 Å². The van der Waals surface area contributed by atoms with Gasteiger partial charge in [-0.15, -0.1) is 0 Å². The average Bonchev–Trinajstić information content (AvgIpc) is 2.49. The summed E-state index contributed by atoms with van der Waals surface area (Å²) in [6, 6.07) is 10.6. The summed E-state index contributed by atoms with van der Waals surface area (Å²) in [5.41, 5.74) is 6.54. The minimum absolute atomic E-state index is 0.0428. The van der Waals surface area contributed by atoms with Gasteiger partial charge >= 0.3 is 0 Å². The molecular weight excluding hydrogens is 256 g/mol. The van der Waals surface area contributed by atoms with Crippen molar-refractivity contribution in [3.63, 3.8) is 0 Å². The molecule has 0 radical (unpaired) electrons. The van der Waals surface area contributed by atoms with E-state index in [1.807, 2.05) is 24.3 Å². The number of aromatic nitrogens is 1. The first-order chi connectivity index (χ1) is 9.74. The summed E-state index contributed by atoms with van der Waals surface area (Å²) in [6.07, 6.45) is 1.74. The molecule has 2 N–H and O–H groups in total. The number of nitrogens with two attached hydrogens (primary N) is 1. The Bertz CT molecular complexity index is 623. The molecule has 2 rings (SSSR count). The van der Waals surface area contributed by atoms with Gasteiger partial charge in [-0.05, 0) is 23.8 Å². The molecule has 0 aliphatic heterocycles. The zero-order chi connectivity index (χ0) is 14.4. The van der Waals surface area contributed by atoms with Gasteiger partial charge in [-0.2, -0.15) is 0 Å². The van der Waals surface area contributed by atoms with Gasteiger partial charge in [0.25, 0.3) is 5.56 Å². The third-order valence-corrected chi connectivity index (χ3v) is 2.95. The van der Waals surface area contributed by atoms with Crippen molar-refractivity contribution in [2.45, 2.75) is 13.1 Å². The molecule has 0 amide bonds. The van der Waals surface area contributed by atoms with Crippen molar-refractivity contribution in [3.05, 3.63) is 58.5 Å². The van der Waals surface area contributed by atoms with Crippen LogP contribution in [0.2, 0.25) is 0 Å². The van der Waals surface area contributed by atoms with Gasteiger partial charge in [-0.1, -0.05) is 12.1 Å². The quantitative estimate of drug-likeness (QED) is 0.864. The summed E-state index contributed by atoms with van der Waals surface area (Å²) in [4.78, 5) is 11.6. The first-order valence-electron chi connectivity index (χ1n) is 6.40. The Balaban J connectivity index is 2.03. The highest BCUT2D eigenvalue weighted by molar-refractivity contribution is 5.42. The van der Waals surface area contributed by atoms with Crippen LogP contribution in [0.5, 0.6) is 11.5 Å². The summed E-state index contributed by atoms with van der Waals surface area (Å²) >= 11 is 0. The zero-order valence-corrected chi connectivity index (χ0v) is 11.4. The van der Waals surface area contributed by atoms with E-state index in [0.717, 1.165) is 5.56 Å². The zero-order valence-electron chi connectivity index (χ0n) is 11.4. The molecule has 5 nitrogen and oxygen atoms in total. The Morgan fingerprint density at radius 2 is 2.05 bits per heavy atom. The minimum atomic E-state index is -0.0428. The second-order valence-electron chi connectivity index (χ2n) is 4.27. The normalized spacial score (nSPS) is 10.3. The molecule has 1 aromatic heterocycles. The summed E-state index contributed by atoms with van der Waals surface area (Å²) in [6.45, 7) is 1.31. The summed E-state index contributed by atoms with van der Waals surface area (Å²) in [5, 5.41) is 0. The van der Waals surface area contributed by atoms with Crippen molar-refractivity contribution in [2.24, 2.45) is 5.73 Å². The lowest BCUT2D eigenvalue weighted by molar-refractivity contribution is 0.278. The lowest BCUT2D eigenvalue weighted by Crippen LogP contribution is -2.21. The molecule has 0 spiro atoms. The van der Waals surface area contributed by atoms with E-state index in [9.17, 15) is 4.79 Å². The Morgan fingerprint density at radius 1 is 1.20 bits per heavy atom. The lowest BCUT2D eigenvalue weighted by Gasteiger charge is -2.12. The van der Waals surface area contributed by atoms with Crippen LogP contribution in [-0.4, -0.2) is 18.3 Å².